The molecule has 2 bridgehead atoms. The lowest BCUT2D eigenvalue weighted by molar-refractivity contribution is 0.0739. The van der Waals surface area contributed by atoms with Gasteiger partial charge in [0.1, 0.15) is 0 Å². The summed E-state index contributed by atoms with van der Waals surface area (Å²) in [6.07, 6.45) is 2.73. The first-order chi connectivity index (χ1) is 6.66. The number of rotatable bonds is 2. The maximum atomic E-state index is 4.11. The Hall–Kier alpha value is -0.480. The Balaban J connectivity index is 1.69. The fraction of sp³-hybridized carbons (Fsp3) is 1.00. The van der Waals surface area contributed by atoms with Crippen molar-refractivity contribution in [3.63, 3.8) is 0 Å². The molecule has 0 amide bonds. The van der Waals surface area contributed by atoms with Gasteiger partial charge < -0.3 is 4.90 Å². The summed E-state index contributed by atoms with van der Waals surface area (Å²) in [5, 5.41) is 8.23. The van der Waals surface area contributed by atoms with E-state index in [1.165, 1.54) is 25.9 Å². The van der Waals surface area contributed by atoms with E-state index in [1.807, 2.05) is 0 Å². The molecule has 2 atom stereocenters. The Morgan fingerprint density at radius 1 is 1.21 bits per heavy atom. The summed E-state index contributed by atoms with van der Waals surface area (Å²) in [6.45, 7) is 5.64. The summed E-state index contributed by atoms with van der Waals surface area (Å²) in [5.74, 6) is 0. The van der Waals surface area contributed by atoms with E-state index in [1.54, 1.807) is 0 Å². The lowest BCUT2D eigenvalue weighted by Crippen LogP contribution is -2.54. The van der Waals surface area contributed by atoms with Gasteiger partial charge in [0.05, 0.1) is 0 Å². The Bertz CT molecular complexity index is 255. The SMILES string of the molecule is CN1CC2CCC(C1)N2CC1(C)N=N1. The fourth-order valence-corrected chi connectivity index (χ4v) is 2.95. The molecule has 0 aromatic rings. The van der Waals surface area contributed by atoms with Crippen LogP contribution in [0.3, 0.4) is 0 Å². The molecule has 0 spiro atoms. The molecule has 0 aliphatic carbocycles. The van der Waals surface area contributed by atoms with Crippen LogP contribution < -0.4 is 0 Å². The minimum atomic E-state index is -0.0449. The Morgan fingerprint density at radius 3 is 2.29 bits per heavy atom. The number of hydrogen-bond donors (Lipinski definition) is 0. The van der Waals surface area contributed by atoms with Gasteiger partial charge in [-0.05, 0) is 26.8 Å². The molecule has 14 heavy (non-hydrogen) atoms. The normalized spacial score (nSPS) is 40.4. The quantitative estimate of drug-likeness (QED) is 0.655. The van der Waals surface area contributed by atoms with Gasteiger partial charge in [-0.1, -0.05) is 0 Å². The highest BCUT2D eigenvalue weighted by Gasteiger charge is 2.45. The summed E-state index contributed by atoms with van der Waals surface area (Å²) in [6, 6.07) is 1.53. The zero-order valence-corrected chi connectivity index (χ0v) is 8.98. The third-order valence-electron chi connectivity index (χ3n) is 3.74. The molecule has 0 radical (unpaired) electrons. The van der Waals surface area contributed by atoms with Gasteiger partial charge >= 0.3 is 0 Å². The standard InChI is InChI=1S/C10H18N4/c1-10(11-12-10)7-14-8-3-4-9(14)6-13(2)5-8/h8-9H,3-7H2,1-2H3. The van der Waals surface area contributed by atoms with Crippen LogP contribution in [0.4, 0.5) is 0 Å². The second-order valence-electron chi connectivity index (χ2n) is 5.20. The van der Waals surface area contributed by atoms with Gasteiger partial charge in [-0.25, -0.2) is 0 Å². The molecule has 3 aliphatic heterocycles. The number of likely N-dealkylation sites (N-methyl/N-ethyl adjacent to an activating group) is 1. The first kappa shape index (κ1) is 8.80. The van der Waals surface area contributed by atoms with Gasteiger partial charge in [0.25, 0.3) is 0 Å². The van der Waals surface area contributed by atoms with E-state index in [4.69, 9.17) is 0 Å². The minimum Gasteiger partial charge on any atom is -0.303 e. The van der Waals surface area contributed by atoms with E-state index in [-0.39, 0.29) is 5.66 Å². The van der Waals surface area contributed by atoms with E-state index >= 15 is 0 Å². The zero-order chi connectivity index (χ0) is 9.76. The highest BCUT2D eigenvalue weighted by Crippen LogP contribution is 2.35. The summed E-state index contributed by atoms with van der Waals surface area (Å²) in [7, 11) is 2.23. The van der Waals surface area contributed by atoms with Crippen LogP contribution in [0.5, 0.6) is 0 Å². The smallest absolute Gasteiger partial charge is 0.200 e. The van der Waals surface area contributed by atoms with Crippen LogP contribution >= 0.6 is 0 Å². The van der Waals surface area contributed by atoms with Crippen LogP contribution in [0.25, 0.3) is 0 Å². The van der Waals surface area contributed by atoms with E-state index in [9.17, 15) is 0 Å². The third kappa shape index (κ3) is 1.37. The van der Waals surface area contributed by atoms with Crippen molar-refractivity contribution in [2.45, 2.75) is 37.5 Å². The van der Waals surface area contributed by atoms with Crippen LogP contribution in [0.2, 0.25) is 0 Å². The number of hydrogen-bond acceptors (Lipinski definition) is 4. The summed E-state index contributed by atoms with van der Waals surface area (Å²) >= 11 is 0. The topological polar surface area (TPSA) is 31.2 Å². The van der Waals surface area contributed by atoms with Crippen molar-refractivity contribution < 1.29 is 0 Å². The summed E-state index contributed by atoms with van der Waals surface area (Å²) < 4.78 is 0. The van der Waals surface area contributed by atoms with E-state index in [0.717, 1.165) is 18.6 Å². The van der Waals surface area contributed by atoms with Gasteiger partial charge in [-0.2, -0.15) is 10.2 Å². The number of likely N-dealkylation sites (tertiary alicyclic amines) is 1. The molecule has 2 unspecified atom stereocenters. The molecule has 3 aliphatic rings. The van der Waals surface area contributed by atoms with Gasteiger partial charge in [0.15, 0.2) is 0 Å². The second kappa shape index (κ2) is 2.76. The second-order valence-corrected chi connectivity index (χ2v) is 5.20. The van der Waals surface area contributed by atoms with Gasteiger partial charge in [-0.15, -0.1) is 0 Å². The van der Waals surface area contributed by atoms with E-state index in [2.05, 4.69) is 34.0 Å². The number of piperazine rings is 1. The third-order valence-corrected chi connectivity index (χ3v) is 3.74. The molecule has 0 N–H and O–H groups in total. The highest BCUT2D eigenvalue weighted by molar-refractivity contribution is 5.01. The largest absolute Gasteiger partial charge is 0.303 e. The molecular weight excluding hydrogens is 176 g/mol. The summed E-state index contributed by atoms with van der Waals surface area (Å²) in [5.41, 5.74) is -0.0449. The molecule has 0 aromatic heterocycles. The Kier molecular flexibility index (Phi) is 1.74. The minimum absolute atomic E-state index is 0.0449. The van der Waals surface area contributed by atoms with Crippen molar-refractivity contribution in [2.75, 3.05) is 26.7 Å². The lowest BCUT2D eigenvalue weighted by atomic mass is 10.1. The molecule has 4 heteroatoms. The van der Waals surface area contributed by atoms with Crippen molar-refractivity contribution in [1.29, 1.82) is 0 Å². The zero-order valence-electron chi connectivity index (χ0n) is 8.98. The van der Waals surface area contributed by atoms with Crippen molar-refractivity contribution in [3.8, 4) is 0 Å². The number of nitrogens with zero attached hydrogens (tertiary/aromatic N) is 4. The van der Waals surface area contributed by atoms with Crippen molar-refractivity contribution in [2.24, 2.45) is 10.2 Å². The van der Waals surface area contributed by atoms with E-state index < -0.39 is 0 Å². The van der Waals surface area contributed by atoms with Crippen LogP contribution in [0.1, 0.15) is 19.8 Å². The average molecular weight is 194 g/mol. The molecule has 4 nitrogen and oxygen atoms in total. The molecule has 0 aromatic carbocycles. The van der Waals surface area contributed by atoms with Crippen LogP contribution in [-0.2, 0) is 0 Å². The molecule has 78 valence electrons. The van der Waals surface area contributed by atoms with Crippen LogP contribution in [0.15, 0.2) is 10.2 Å². The predicted octanol–water partition coefficient (Wildman–Crippen LogP) is 0.947. The van der Waals surface area contributed by atoms with Gasteiger partial charge in [-0.3, -0.25) is 4.90 Å². The van der Waals surface area contributed by atoms with Crippen molar-refractivity contribution >= 4 is 0 Å². The van der Waals surface area contributed by atoms with E-state index in [0.29, 0.717) is 0 Å². The monoisotopic (exact) mass is 194 g/mol. The average Bonchev–Trinajstić information content (AvgIpc) is 2.80. The fourth-order valence-electron chi connectivity index (χ4n) is 2.95. The maximum absolute atomic E-state index is 4.11. The molecule has 2 saturated heterocycles. The van der Waals surface area contributed by atoms with Crippen LogP contribution in [0, 0.1) is 0 Å². The van der Waals surface area contributed by atoms with Crippen molar-refractivity contribution in [1.82, 2.24) is 9.80 Å². The molecule has 3 heterocycles. The maximum Gasteiger partial charge on any atom is 0.200 e. The highest BCUT2D eigenvalue weighted by atomic mass is 15.5. The molecule has 3 rings (SSSR count). The summed E-state index contributed by atoms with van der Waals surface area (Å²) in [4.78, 5) is 5.10. The van der Waals surface area contributed by atoms with Crippen LogP contribution in [-0.4, -0.2) is 54.2 Å². The first-order valence-corrected chi connectivity index (χ1v) is 5.55. The Labute approximate surface area is 85.0 Å². The molecule has 0 saturated carbocycles. The Morgan fingerprint density at radius 2 is 1.79 bits per heavy atom. The number of fused-ring (bicyclic) bond motifs is 2. The molecular formula is C10H18N4. The predicted molar refractivity (Wildman–Crippen MR) is 54.3 cm³/mol. The molecule has 2 fully saturated rings. The lowest BCUT2D eigenvalue weighted by Gasteiger charge is -2.39. The van der Waals surface area contributed by atoms with Gasteiger partial charge in [0.2, 0.25) is 5.66 Å². The van der Waals surface area contributed by atoms with Gasteiger partial charge in [0, 0.05) is 31.7 Å². The van der Waals surface area contributed by atoms with Crippen molar-refractivity contribution in [3.05, 3.63) is 0 Å². The first-order valence-electron chi connectivity index (χ1n) is 5.55.